The van der Waals surface area contributed by atoms with E-state index in [0.29, 0.717) is 22.3 Å². The number of fused-ring (bicyclic) bond motifs is 1. The molecule has 1 aromatic heterocycles. The highest BCUT2D eigenvalue weighted by Crippen LogP contribution is 2.27. The van der Waals surface area contributed by atoms with Gasteiger partial charge in [-0.25, -0.2) is 22.8 Å². The van der Waals surface area contributed by atoms with Crippen molar-refractivity contribution in [3.63, 3.8) is 0 Å². The third kappa shape index (κ3) is 3.80. The molecule has 130 valence electrons. The Morgan fingerprint density at radius 2 is 1.92 bits per heavy atom. The molecule has 0 aliphatic rings. The normalized spacial score (nSPS) is 11.7. The maximum absolute atomic E-state index is 14.0. The maximum atomic E-state index is 14.0. The average molecular weight is 424 g/mol. The molecule has 3 rings (SSSR count). The van der Waals surface area contributed by atoms with Crippen molar-refractivity contribution in [2.75, 3.05) is 18.2 Å². The van der Waals surface area contributed by atoms with Gasteiger partial charge in [-0.2, -0.15) is 0 Å². The van der Waals surface area contributed by atoms with Crippen molar-refractivity contribution in [3.05, 3.63) is 58.6 Å². The minimum atomic E-state index is -3.35. The van der Waals surface area contributed by atoms with E-state index in [2.05, 4.69) is 25.9 Å². The fourth-order valence-corrected chi connectivity index (χ4v) is 3.61. The zero-order valence-electron chi connectivity index (χ0n) is 13.6. The predicted octanol–water partition coefficient (Wildman–Crippen LogP) is 3.57. The standard InChI is InChI=1S/C17H15BrFN3O2S/c1-22(9-11-7-12(18)3-5-15(11)19)17-14-8-13(25(2,23)24)4-6-16(14)20-10-21-17/h3-8,10H,9H2,1-2H3. The minimum absolute atomic E-state index is 0.193. The number of hydrogen-bond donors (Lipinski definition) is 0. The van der Waals surface area contributed by atoms with Crippen molar-refractivity contribution >= 4 is 42.5 Å². The molecule has 0 aliphatic heterocycles. The molecule has 0 saturated heterocycles. The van der Waals surface area contributed by atoms with Crippen LogP contribution < -0.4 is 4.90 Å². The van der Waals surface area contributed by atoms with Crippen molar-refractivity contribution < 1.29 is 12.8 Å². The number of halogens is 2. The van der Waals surface area contributed by atoms with E-state index in [1.165, 1.54) is 18.5 Å². The van der Waals surface area contributed by atoms with E-state index in [0.717, 1.165) is 10.7 Å². The Labute approximate surface area is 153 Å². The van der Waals surface area contributed by atoms with Crippen molar-refractivity contribution in [2.24, 2.45) is 0 Å². The van der Waals surface area contributed by atoms with Crippen LogP contribution in [0.1, 0.15) is 5.56 Å². The van der Waals surface area contributed by atoms with Gasteiger partial charge in [0.2, 0.25) is 0 Å². The molecule has 0 N–H and O–H groups in total. The summed E-state index contributed by atoms with van der Waals surface area (Å²) in [6.07, 6.45) is 2.56. The zero-order chi connectivity index (χ0) is 18.2. The molecule has 0 atom stereocenters. The smallest absolute Gasteiger partial charge is 0.175 e. The first-order valence-electron chi connectivity index (χ1n) is 7.35. The predicted molar refractivity (Wildman–Crippen MR) is 98.9 cm³/mol. The van der Waals surface area contributed by atoms with E-state index in [9.17, 15) is 12.8 Å². The highest BCUT2D eigenvalue weighted by atomic mass is 79.9. The second-order valence-corrected chi connectivity index (χ2v) is 8.67. The number of aromatic nitrogens is 2. The molecule has 0 spiro atoms. The van der Waals surface area contributed by atoms with Crippen LogP contribution in [-0.4, -0.2) is 31.7 Å². The summed E-state index contributed by atoms with van der Waals surface area (Å²) in [5.74, 6) is 0.222. The van der Waals surface area contributed by atoms with Crippen LogP contribution in [0.4, 0.5) is 10.2 Å². The topological polar surface area (TPSA) is 63.2 Å². The largest absolute Gasteiger partial charge is 0.355 e. The Morgan fingerprint density at radius 3 is 2.64 bits per heavy atom. The highest BCUT2D eigenvalue weighted by Gasteiger charge is 2.15. The fourth-order valence-electron chi connectivity index (χ4n) is 2.55. The summed E-state index contributed by atoms with van der Waals surface area (Å²) >= 11 is 3.34. The van der Waals surface area contributed by atoms with Crippen molar-refractivity contribution in [1.82, 2.24) is 9.97 Å². The number of benzene rings is 2. The Balaban J connectivity index is 2.06. The van der Waals surface area contributed by atoms with Gasteiger partial charge in [-0.3, -0.25) is 0 Å². The van der Waals surface area contributed by atoms with Crippen LogP contribution in [-0.2, 0) is 16.4 Å². The minimum Gasteiger partial charge on any atom is -0.355 e. The van der Waals surface area contributed by atoms with Gasteiger partial charge in [0, 0.05) is 35.3 Å². The van der Waals surface area contributed by atoms with E-state index in [1.54, 1.807) is 36.2 Å². The van der Waals surface area contributed by atoms with Gasteiger partial charge in [-0.1, -0.05) is 15.9 Å². The van der Waals surface area contributed by atoms with E-state index in [1.807, 2.05) is 0 Å². The second kappa shape index (κ2) is 6.68. The lowest BCUT2D eigenvalue weighted by Crippen LogP contribution is -2.19. The number of anilines is 1. The molecule has 0 aliphatic carbocycles. The first-order valence-corrected chi connectivity index (χ1v) is 10.0. The van der Waals surface area contributed by atoms with Gasteiger partial charge >= 0.3 is 0 Å². The van der Waals surface area contributed by atoms with Crippen LogP contribution in [0.25, 0.3) is 10.9 Å². The molecule has 0 amide bonds. The Morgan fingerprint density at radius 1 is 1.16 bits per heavy atom. The molecule has 0 saturated carbocycles. The van der Waals surface area contributed by atoms with Crippen LogP contribution in [0.3, 0.4) is 0 Å². The van der Waals surface area contributed by atoms with E-state index in [4.69, 9.17) is 0 Å². The SMILES string of the molecule is CN(Cc1cc(Br)ccc1F)c1ncnc2ccc(S(C)(=O)=O)cc12. The zero-order valence-corrected chi connectivity index (χ0v) is 16.0. The molecule has 0 bridgehead atoms. The van der Waals surface area contributed by atoms with Gasteiger partial charge < -0.3 is 4.90 Å². The van der Waals surface area contributed by atoms with Gasteiger partial charge in [0.15, 0.2) is 9.84 Å². The second-order valence-electron chi connectivity index (χ2n) is 5.74. The first kappa shape index (κ1) is 17.8. The van der Waals surface area contributed by atoms with Gasteiger partial charge in [-0.05, 0) is 36.4 Å². The van der Waals surface area contributed by atoms with Gasteiger partial charge in [0.05, 0.1) is 10.4 Å². The summed E-state index contributed by atoms with van der Waals surface area (Å²) in [7, 11) is -1.58. The molecule has 25 heavy (non-hydrogen) atoms. The average Bonchev–Trinajstić information content (AvgIpc) is 2.56. The summed E-state index contributed by atoms with van der Waals surface area (Å²) in [4.78, 5) is 10.4. The molecule has 8 heteroatoms. The quantitative estimate of drug-likeness (QED) is 0.641. The molecule has 0 radical (unpaired) electrons. The lowest BCUT2D eigenvalue weighted by Gasteiger charge is -2.20. The van der Waals surface area contributed by atoms with Gasteiger partial charge in [0.1, 0.15) is 18.0 Å². The van der Waals surface area contributed by atoms with Crippen LogP contribution >= 0.6 is 15.9 Å². The van der Waals surface area contributed by atoms with E-state index >= 15 is 0 Å². The number of rotatable bonds is 4. The van der Waals surface area contributed by atoms with Crippen LogP contribution in [0.5, 0.6) is 0 Å². The molecule has 0 unspecified atom stereocenters. The van der Waals surface area contributed by atoms with Crippen LogP contribution in [0.15, 0.2) is 52.1 Å². The van der Waals surface area contributed by atoms with Crippen LogP contribution in [0, 0.1) is 5.82 Å². The van der Waals surface area contributed by atoms with Gasteiger partial charge in [0.25, 0.3) is 0 Å². The van der Waals surface area contributed by atoms with Crippen molar-refractivity contribution in [2.45, 2.75) is 11.4 Å². The summed E-state index contributed by atoms with van der Waals surface area (Å²) in [5.41, 5.74) is 1.13. The highest BCUT2D eigenvalue weighted by molar-refractivity contribution is 9.10. The summed E-state index contributed by atoms with van der Waals surface area (Å²) in [6.45, 7) is 0.278. The Bertz CT molecular complexity index is 1060. The Hall–Kier alpha value is -2.06. The lowest BCUT2D eigenvalue weighted by atomic mass is 10.2. The third-order valence-corrected chi connectivity index (χ3v) is 5.39. The summed E-state index contributed by atoms with van der Waals surface area (Å²) in [5, 5.41) is 0.600. The third-order valence-electron chi connectivity index (χ3n) is 3.79. The Kier molecular flexibility index (Phi) is 4.75. The fraction of sp³-hybridized carbons (Fsp3) is 0.176. The molecule has 5 nitrogen and oxygen atoms in total. The number of nitrogens with zero attached hydrogens (tertiary/aromatic N) is 3. The van der Waals surface area contributed by atoms with Crippen LogP contribution in [0.2, 0.25) is 0 Å². The molecular weight excluding hydrogens is 409 g/mol. The summed E-state index contributed by atoms with van der Waals surface area (Å²) < 4.78 is 38.4. The monoisotopic (exact) mass is 423 g/mol. The molecule has 0 fully saturated rings. The van der Waals surface area contributed by atoms with Crippen molar-refractivity contribution in [1.29, 1.82) is 0 Å². The lowest BCUT2D eigenvalue weighted by molar-refractivity contribution is 0.602. The maximum Gasteiger partial charge on any atom is 0.175 e. The number of hydrogen-bond acceptors (Lipinski definition) is 5. The first-order chi connectivity index (χ1) is 11.8. The molecule has 1 heterocycles. The molecule has 2 aromatic carbocycles. The van der Waals surface area contributed by atoms with E-state index < -0.39 is 9.84 Å². The molecule has 3 aromatic rings. The van der Waals surface area contributed by atoms with E-state index in [-0.39, 0.29) is 17.3 Å². The number of sulfone groups is 1. The van der Waals surface area contributed by atoms with Crippen molar-refractivity contribution in [3.8, 4) is 0 Å². The molecular formula is C17H15BrFN3O2S. The summed E-state index contributed by atoms with van der Waals surface area (Å²) in [6, 6.07) is 9.45. The van der Waals surface area contributed by atoms with Gasteiger partial charge in [-0.15, -0.1) is 0 Å².